The second-order valence-electron chi connectivity index (χ2n) is 5.11. The van der Waals surface area contributed by atoms with E-state index in [0.29, 0.717) is 5.69 Å². The van der Waals surface area contributed by atoms with E-state index in [2.05, 4.69) is 15.0 Å². The maximum Gasteiger partial charge on any atom is 0.426 e. The normalized spacial score (nSPS) is 10.7. The summed E-state index contributed by atoms with van der Waals surface area (Å²) in [6, 6.07) is 12.5. The second kappa shape index (κ2) is 6.60. The molecule has 3 aromatic rings. The van der Waals surface area contributed by atoms with Crippen molar-refractivity contribution in [1.82, 2.24) is 0 Å². The van der Waals surface area contributed by atoms with Gasteiger partial charge in [-0.1, -0.05) is 17.2 Å². The zero-order chi connectivity index (χ0) is 18.7. The zero-order valence-electron chi connectivity index (χ0n) is 13.0. The quantitative estimate of drug-likeness (QED) is 0.233. The number of fused-ring (bicyclic) bond motifs is 1. The van der Waals surface area contributed by atoms with Crippen LogP contribution in [0.2, 0.25) is 0 Å². The van der Waals surface area contributed by atoms with Crippen LogP contribution in [-0.2, 0) is 10.1 Å². The molecule has 3 aromatic carbocycles. The van der Waals surface area contributed by atoms with E-state index in [1.807, 2.05) is 0 Å². The van der Waals surface area contributed by atoms with E-state index in [0.717, 1.165) is 0 Å². The van der Waals surface area contributed by atoms with Crippen molar-refractivity contribution in [2.24, 2.45) is 5.11 Å². The van der Waals surface area contributed by atoms with E-state index in [1.165, 1.54) is 54.6 Å². The van der Waals surface area contributed by atoms with Crippen LogP contribution >= 0.6 is 0 Å². The Morgan fingerprint density at radius 3 is 2.42 bits per heavy atom. The lowest BCUT2D eigenvalue weighted by molar-refractivity contribution is 0.484. The Morgan fingerprint density at radius 1 is 1.04 bits per heavy atom. The molecule has 3 rings (SSSR count). The van der Waals surface area contributed by atoms with Crippen LogP contribution in [0.4, 0.5) is 11.4 Å². The number of azide groups is 1. The van der Waals surface area contributed by atoms with E-state index in [9.17, 15) is 13.5 Å². The minimum absolute atomic E-state index is 0.0325. The molecule has 0 saturated carbocycles. The molecule has 26 heavy (non-hydrogen) atoms. The monoisotopic (exact) mass is 368 g/mol. The van der Waals surface area contributed by atoms with Crippen molar-refractivity contribution in [2.75, 3.05) is 0 Å². The first-order valence-corrected chi connectivity index (χ1v) is 8.56. The lowest BCUT2D eigenvalue weighted by Gasteiger charge is -2.10. The predicted octanol–water partition coefficient (Wildman–Crippen LogP) is 4.74. The first-order chi connectivity index (χ1) is 12.5. The van der Waals surface area contributed by atoms with Crippen LogP contribution in [0.3, 0.4) is 0 Å². The molecular weight excluding hydrogens is 358 g/mol. The highest BCUT2D eigenvalue weighted by atomic mass is 32.2. The Kier molecular flexibility index (Phi) is 4.33. The largest absolute Gasteiger partial charge is 0.501 e. The number of phenols is 1. The van der Waals surface area contributed by atoms with Crippen LogP contribution in [0.25, 0.3) is 26.2 Å². The van der Waals surface area contributed by atoms with E-state index in [4.69, 9.17) is 15.1 Å². The van der Waals surface area contributed by atoms with E-state index >= 15 is 0 Å². The Hall–Kier alpha value is -3.80. The Bertz CT molecular complexity index is 1190. The molecule has 1 N–H and O–H groups in total. The highest BCUT2D eigenvalue weighted by molar-refractivity contribution is 7.87. The van der Waals surface area contributed by atoms with Crippen molar-refractivity contribution in [3.8, 4) is 11.5 Å². The third-order valence-electron chi connectivity index (χ3n) is 3.55. The van der Waals surface area contributed by atoms with Gasteiger partial charge in [-0.2, -0.15) is 8.42 Å². The number of rotatable bonds is 4. The van der Waals surface area contributed by atoms with Gasteiger partial charge in [-0.25, -0.2) is 0 Å². The molecule has 10 heteroatoms. The lowest BCUT2D eigenvalue weighted by atomic mass is 10.1. The molecule has 0 aliphatic carbocycles. The van der Waals surface area contributed by atoms with Gasteiger partial charge in [0.2, 0.25) is 11.1 Å². The summed E-state index contributed by atoms with van der Waals surface area (Å²) in [5.74, 6) is -0.314. The summed E-state index contributed by atoms with van der Waals surface area (Å²) in [5.41, 5.74) is 8.60. The summed E-state index contributed by atoms with van der Waals surface area (Å²) in [6.07, 6.45) is 0. The lowest BCUT2D eigenvalue weighted by Crippen LogP contribution is -2.10. The Balaban J connectivity index is 2.06. The number of hydrogen-bond acceptors (Lipinski definition) is 6. The molecule has 0 spiro atoms. The maximum absolute atomic E-state index is 12.6. The number of aromatic hydroxyl groups is 1. The van der Waals surface area contributed by atoms with Crippen LogP contribution in [0.5, 0.6) is 11.5 Å². The molecule has 0 fully saturated rings. The Morgan fingerprint density at radius 2 is 1.77 bits per heavy atom. The first-order valence-electron chi connectivity index (χ1n) is 7.16. The third-order valence-corrected chi connectivity index (χ3v) is 4.86. The van der Waals surface area contributed by atoms with Gasteiger partial charge in [0, 0.05) is 27.4 Å². The fraction of sp³-hybridized carbons (Fsp3) is 0. The highest BCUT2D eigenvalue weighted by Gasteiger charge is 2.24. The van der Waals surface area contributed by atoms with Gasteiger partial charge in [0.1, 0.15) is 10.6 Å². The average Bonchev–Trinajstić information content (AvgIpc) is 2.63. The molecule has 128 valence electrons. The SMILES string of the molecule is N#[N+]c1ccc2c(S(=O)(=O)Oc3ccc(N=[N+]=[N-])cc3)cccc2c1O. The van der Waals surface area contributed by atoms with Crippen LogP contribution in [-0.4, -0.2) is 13.5 Å². The van der Waals surface area contributed by atoms with Gasteiger partial charge in [-0.15, -0.1) is 0 Å². The fourth-order valence-corrected chi connectivity index (χ4v) is 3.54. The standard InChI is InChI=1S/C16H9N5O4S/c17-19-14-9-8-12-13(16(14)22)2-1-3-15(12)26(23,24)25-11-6-4-10(5-7-11)20-21-18/h1-9H/p+1. The number of benzene rings is 3. The molecular formula is C16H10N5O4S+. The van der Waals surface area contributed by atoms with Crippen LogP contribution in [0.1, 0.15) is 0 Å². The molecule has 9 nitrogen and oxygen atoms in total. The predicted molar refractivity (Wildman–Crippen MR) is 93.4 cm³/mol. The minimum Gasteiger partial charge on any atom is -0.501 e. The molecule has 0 amide bonds. The number of nitrogens with zero attached hydrogens (tertiary/aromatic N) is 5. The molecule has 0 atom stereocenters. The van der Waals surface area contributed by atoms with Gasteiger partial charge in [-0.3, -0.25) is 0 Å². The van der Waals surface area contributed by atoms with Gasteiger partial charge in [-0.05, 0) is 41.9 Å². The zero-order valence-corrected chi connectivity index (χ0v) is 13.8. The Labute approximate surface area is 147 Å². The smallest absolute Gasteiger partial charge is 0.426 e. The van der Waals surface area contributed by atoms with Crippen molar-refractivity contribution in [3.05, 3.63) is 70.0 Å². The first kappa shape index (κ1) is 17.0. The van der Waals surface area contributed by atoms with Crippen molar-refractivity contribution < 1.29 is 17.7 Å². The van der Waals surface area contributed by atoms with E-state index < -0.39 is 10.1 Å². The average molecular weight is 368 g/mol. The molecule has 0 unspecified atom stereocenters. The molecule has 0 aliphatic rings. The molecule has 0 aromatic heterocycles. The number of diazo groups is 1. The fourth-order valence-electron chi connectivity index (χ4n) is 2.39. The summed E-state index contributed by atoms with van der Waals surface area (Å²) in [6.45, 7) is 0. The molecule has 0 heterocycles. The second-order valence-corrected chi connectivity index (χ2v) is 6.62. The topological polar surface area (TPSA) is 141 Å². The summed E-state index contributed by atoms with van der Waals surface area (Å²) < 4.78 is 30.4. The molecule has 0 bridgehead atoms. The third kappa shape index (κ3) is 3.08. The number of hydrogen-bond donors (Lipinski definition) is 1. The van der Waals surface area contributed by atoms with E-state index in [-0.39, 0.29) is 32.9 Å². The van der Waals surface area contributed by atoms with E-state index in [1.54, 1.807) is 0 Å². The number of phenolic OH excluding ortho intramolecular Hbond substituents is 1. The van der Waals surface area contributed by atoms with Crippen molar-refractivity contribution in [2.45, 2.75) is 4.90 Å². The van der Waals surface area contributed by atoms with Crippen LogP contribution < -0.4 is 4.18 Å². The van der Waals surface area contributed by atoms with Gasteiger partial charge in [0.05, 0.1) is 0 Å². The highest BCUT2D eigenvalue weighted by Crippen LogP contribution is 2.37. The van der Waals surface area contributed by atoms with Gasteiger partial charge < -0.3 is 9.29 Å². The van der Waals surface area contributed by atoms with Crippen LogP contribution in [0, 0.1) is 5.39 Å². The molecule has 0 aliphatic heterocycles. The van der Waals surface area contributed by atoms with Gasteiger partial charge in [0.15, 0.2) is 4.98 Å². The minimum atomic E-state index is -4.21. The summed E-state index contributed by atoms with van der Waals surface area (Å²) in [5, 5.41) is 22.7. The van der Waals surface area contributed by atoms with Crippen molar-refractivity contribution in [1.29, 1.82) is 5.39 Å². The maximum atomic E-state index is 12.6. The van der Waals surface area contributed by atoms with Gasteiger partial charge >= 0.3 is 15.8 Å². The molecule has 0 radical (unpaired) electrons. The van der Waals surface area contributed by atoms with Crippen molar-refractivity contribution >= 4 is 32.3 Å². The summed E-state index contributed by atoms with van der Waals surface area (Å²) in [4.78, 5) is 5.41. The van der Waals surface area contributed by atoms with Crippen LogP contribution in [0.15, 0.2) is 64.6 Å². The summed E-state index contributed by atoms with van der Waals surface area (Å²) >= 11 is 0. The molecule has 0 saturated heterocycles. The van der Waals surface area contributed by atoms with Crippen molar-refractivity contribution in [3.63, 3.8) is 0 Å². The van der Waals surface area contributed by atoms with Gasteiger partial charge in [0.25, 0.3) is 0 Å². The summed E-state index contributed by atoms with van der Waals surface area (Å²) in [7, 11) is -4.21.